The summed E-state index contributed by atoms with van der Waals surface area (Å²) in [6, 6.07) is 23.8. The van der Waals surface area contributed by atoms with Gasteiger partial charge < -0.3 is 9.84 Å². The first-order valence-electron chi connectivity index (χ1n) is 9.86. The second-order valence-electron chi connectivity index (χ2n) is 7.07. The molecule has 1 heterocycles. The number of hydrogen-bond acceptors (Lipinski definition) is 5. The first-order chi connectivity index (χ1) is 15.5. The van der Waals surface area contributed by atoms with Crippen LogP contribution in [0.1, 0.15) is 21.5 Å². The van der Waals surface area contributed by atoms with Crippen LogP contribution in [0.15, 0.2) is 88.8 Å². The topological polar surface area (TPSA) is 79.2 Å². The smallest absolute Gasteiger partial charge is 0.335 e. The monoisotopic (exact) mass is 444 g/mol. The molecule has 0 aromatic heterocycles. The summed E-state index contributed by atoms with van der Waals surface area (Å²) in [6.07, 6.45) is 1.81. The highest BCUT2D eigenvalue weighted by Crippen LogP contribution is 2.33. The van der Waals surface area contributed by atoms with E-state index in [4.69, 9.17) is 9.84 Å². The number of nitrogens with zero attached hydrogens (tertiary/aromatic N) is 2. The third kappa shape index (κ3) is 5.07. The Labute approximate surface area is 189 Å². The van der Waals surface area contributed by atoms with Gasteiger partial charge in [-0.1, -0.05) is 48.5 Å². The average Bonchev–Trinajstić information content (AvgIpc) is 3.07. The number of aromatic carboxylic acids is 1. The zero-order chi connectivity index (χ0) is 22.5. The van der Waals surface area contributed by atoms with E-state index in [1.54, 1.807) is 25.3 Å². The summed E-state index contributed by atoms with van der Waals surface area (Å²) in [6.45, 7) is 0.489. The minimum Gasteiger partial charge on any atom is -0.489 e. The van der Waals surface area contributed by atoms with Crippen molar-refractivity contribution in [3.63, 3.8) is 0 Å². The van der Waals surface area contributed by atoms with E-state index < -0.39 is 5.97 Å². The van der Waals surface area contributed by atoms with Gasteiger partial charge in [-0.2, -0.15) is 0 Å². The summed E-state index contributed by atoms with van der Waals surface area (Å²) in [7, 11) is 1.65. The van der Waals surface area contributed by atoms with Crippen LogP contribution in [0.2, 0.25) is 0 Å². The lowest BCUT2D eigenvalue weighted by Crippen LogP contribution is -2.23. The highest BCUT2D eigenvalue weighted by molar-refractivity contribution is 8.18. The van der Waals surface area contributed by atoms with Crippen molar-refractivity contribution in [2.24, 2.45) is 4.99 Å². The van der Waals surface area contributed by atoms with Crippen molar-refractivity contribution in [1.82, 2.24) is 4.90 Å². The average molecular weight is 445 g/mol. The molecule has 1 N–H and O–H groups in total. The number of aliphatic imine (C=N–C) groups is 1. The van der Waals surface area contributed by atoms with E-state index in [2.05, 4.69) is 4.99 Å². The second-order valence-corrected chi connectivity index (χ2v) is 8.08. The fourth-order valence-corrected chi connectivity index (χ4v) is 4.01. The van der Waals surface area contributed by atoms with E-state index in [1.165, 1.54) is 28.8 Å². The van der Waals surface area contributed by atoms with Gasteiger partial charge in [-0.3, -0.25) is 9.69 Å². The third-order valence-electron chi connectivity index (χ3n) is 4.75. The molecule has 1 fully saturated rings. The molecule has 0 spiro atoms. The highest BCUT2D eigenvalue weighted by atomic mass is 32.2. The van der Waals surface area contributed by atoms with Gasteiger partial charge in [-0.15, -0.1) is 0 Å². The van der Waals surface area contributed by atoms with E-state index in [0.717, 1.165) is 16.9 Å². The molecule has 1 saturated heterocycles. The van der Waals surface area contributed by atoms with Gasteiger partial charge in [0, 0.05) is 7.05 Å². The number of carboxylic acid groups (broad SMARTS) is 1. The zero-order valence-corrected chi connectivity index (χ0v) is 18.1. The van der Waals surface area contributed by atoms with Crippen molar-refractivity contribution < 1.29 is 19.4 Å². The van der Waals surface area contributed by atoms with Gasteiger partial charge in [0.1, 0.15) is 12.4 Å². The Morgan fingerprint density at radius 3 is 2.53 bits per heavy atom. The summed E-state index contributed by atoms with van der Waals surface area (Å²) in [5.41, 5.74) is 2.59. The van der Waals surface area contributed by atoms with E-state index in [0.29, 0.717) is 22.4 Å². The zero-order valence-electron chi connectivity index (χ0n) is 17.3. The molecule has 1 aliphatic heterocycles. The summed E-state index contributed by atoms with van der Waals surface area (Å²) in [5.74, 6) is -0.432. The molecule has 160 valence electrons. The lowest BCUT2D eigenvalue weighted by Gasteiger charge is -2.07. The Bertz CT molecular complexity index is 1200. The highest BCUT2D eigenvalue weighted by Gasteiger charge is 2.30. The largest absolute Gasteiger partial charge is 0.489 e. The molecule has 3 aromatic carbocycles. The number of carbonyl (C=O) groups is 2. The van der Waals surface area contributed by atoms with Gasteiger partial charge in [0.2, 0.25) is 0 Å². The number of rotatable bonds is 6. The van der Waals surface area contributed by atoms with E-state index in [9.17, 15) is 9.59 Å². The molecule has 1 amide bonds. The van der Waals surface area contributed by atoms with E-state index in [-0.39, 0.29) is 11.5 Å². The molecule has 0 saturated carbocycles. The predicted octanol–water partition coefficient (Wildman–Crippen LogP) is 5.20. The molecule has 0 unspecified atom stereocenters. The van der Waals surface area contributed by atoms with Crippen LogP contribution < -0.4 is 4.74 Å². The SMILES string of the molecule is CN1C(=O)/C(=C/c2ccc(OCc3ccccc3)cc2)SC1=Nc1cccc(C(=O)O)c1. The van der Waals surface area contributed by atoms with E-state index >= 15 is 0 Å². The quantitative estimate of drug-likeness (QED) is 0.529. The molecule has 0 atom stereocenters. The van der Waals surface area contributed by atoms with Gasteiger partial charge in [0.25, 0.3) is 5.91 Å². The normalized spacial score (nSPS) is 16.0. The first kappa shape index (κ1) is 21.4. The van der Waals surface area contributed by atoms with Crippen molar-refractivity contribution in [3.05, 3.63) is 100 Å². The summed E-state index contributed by atoms with van der Waals surface area (Å²) >= 11 is 1.25. The van der Waals surface area contributed by atoms with E-state index in [1.807, 2.05) is 54.6 Å². The van der Waals surface area contributed by atoms with Crippen molar-refractivity contribution in [1.29, 1.82) is 0 Å². The fraction of sp³-hybridized carbons (Fsp3) is 0.0800. The van der Waals surface area contributed by atoms with Gasteiger partial charge in [0.15, 0.2) is 5.17 Å². The standard InChI is InChI=1S/C25H20N2O4S/c1-27-23(28)22(32-25(27)26-20-9-5-8-19(15-20)24(29)30)14-17-10-12-21(13-11-17)31-16-18-6-3-2-4-7-18/h2-15H,16H2,1H3,(H,29,30)/b22-14-,26-25?. The Balaban J connectivity index is 1.46. The Morgan fingerprint density at radius 1 is 1.06 bits per heavy atom. The molecule has 7 heteroatoms. The van der Waals surface area contributed by atoms with Crippen LogP contribution >= 0.6 is 11.8 Å². The number of carboxylic acids is 1. The summed E-state index contributed by atoms with van der Waals surface area (Å²) < 4.78 is 5.80. The first-order valence-corrected chi connectivity index (χ1v) is 10.7. The minimum absolute atomic E-state index is 0.147. The van der Waals surface area contributed by atoms with Crippen LogP contribution in [-0.4, -0.2) is 34.1 Å². The maximum atomic E-state index is 12.6. The van der Waals surface area contributed by atoms with Crippen LogP contribution in [0.5, 0.6) is 5.75 Å². The molecule has 4 rings (SSSR count). The van der Waals surface area contributed by atoms with Gasteiger partial charge in [-0.25, -0.2) is 9.79 Å². The number of ether oxygens (including phenoxy) is 1. The number of thioether (sulfide) groups is 1. The number of hydrogen-bond donors (Lipinski definition) is 1. The number of benzene rings is 3. The Kier molecular flexibility index (Phi) is 6.37. The van der Waals surface area contributed by atoms with Crippen LogP contribution in [0.3, 0.4) is 0 Å². The summed E-state index contributed by atoms with van der Waals surface area (Å²) in [4.78, 5) is 30.3. The van der Waals surface area contributed by atoms with Crippen molar-refractivity contribution in [2.75, 3.05) is 7.05 Å². The number of amidine groups is 1. The van der Waals surface area contributed by atoms with Gasteiger partial charge >= 0.3 is 5.97 Å². The Morgan fingerprint density at radius 2 is 1.81 bits per heavy atom. The third-order valence-corrected chi connectivity index (χ3v) is 5.81. The van der Waals surface area contributed by atoms with Gasteiger partial charge in [0.05, 0.1) is 16.2 Å². The Hall–Kier alpha value is -3.84. The van der Waals surface area contributed by atoms with Crippen LogP contribution in [0.4, 0.5) is 5.69 Å². The lowest BCUT2D eigenvalue weighted by atomic mass is 10.2. The molecule has 0 radical (unpaired) electrons. The van der Waals surface area contributed by atoms with Crippen LogP contribution in [0, 0.1) is 0 Å². The van der Waals surface area contributed by atoms with Crippen LogP contribution in [0.25, 0.3) is 6.08 Å². The number of likely N-dealkylation sites (N-methyl/N-ethyl adjacent to an activating group) is 1. The molecular weight excluding hydrogens is 424 g/mol. The molecular formula is C25H20N2O4S. The predicted molar refractivity (Wildman–Crippen MR) is 126 cm³/mol. The van der Waals surface area contributed by atoms with Crippen molar-refractivity contribution in [2.45, 2.75) is 6.61 Å². The van der Waals surface area contributed by atoms with Gasteiger partial charge in [-0.05, 0) is 59.3 Å². The second kappa shape index (κ2) is 9.53. The molecule has 0 bridgehead atoms. The molecule has 1 aliphatic rings. The van der Waals surface area contributed by atoms with Crippen LogP contribution in [-0.2, 0) is 11.4 Å². The maximum absolute atomic E-state index is 12.6. The number of amides is 1. The maximum Gasteiger partial charge on any atom is 0.335 e. The molecule has 6 nitrogen and oxygen atoms in total. The minimum atomic E-state index is -1.02. The summed E-state index contributed by atoms with van der Waals surface area (Å²) in [5, 5.41) is 9.64. The number of carbonyl (C=O) groups excluding carboxylic acids is 1. The molecule has 32 heavy (non-hydrogen) atoms. The van der Waals surface area contributed by atoms with Crippen molar-refractivity contribution in [3.8, 4) is 5.75 Å². The molecule has 3 aromatic rings. The van der Waals surface area contributed by atoms with Crippen molar-refractivity contribution >= 4 is 40.6 Å². The molecule has 0 aliphatic carbocycles. The fourth-order valence-electron chi connectivity index (χ4n) is 3.02. The lowest BCUT2D eigenvalue weighted by molar-refractivity contribution is -0.121.